The number of unbranched alkanes of at least 4 members (excludes halogenated alkanes) is 1. The molecule has 1 aromatic rings. The van der Waals surface area contributed by atoms with E-state index in [4.69, 9.17) is 9.84 Å². The maximum absolute atomic E-state index is 12.5. The highest BCUT2D eigenvalue weighted by molar-refractivity contribution is 6.08. The molecule has 0 saturated heterocycles. The second-order valence-electron chi connectivity index (χ2n) is 6.17. The number of ether oxygens (including phenoxy) is 1. The van der Waals surface area contributed by atoms with Crippen molar-refractivity contribution < 1.29 is 19.4 Å². The summed E-state index contributed by atoms with van der Waals surface area (Å²) in [6.07, 6.45) is 3.30. The van der Waals surface area contributed by atoms with Crippen LogP contribution < -0.4 is 5.32 Å². The maximum Gasteiger partial charge on any atom is 0.337 e. The number of nitrogens with one attached hydrogen (secondary N) is 1. The number of aryl methyl sites for hydroxylation is 2. The summed E-state index contributed by atoms with van der Waals surface area (Å²) in [6, 6.07) is 6.07. The number of carbonyl (C=O) groups excluding carboxylic acids is 2. The molecule has 1 aliphatic heterocycles. The predicted molar refractivity (Wildman–Crippen MR) is 96.1 cm³/mol. The lowest BCUT2D eigenvalue weighted by atomic mass is 10.0. The number of rotatable bonds is 8. The average molecular weight is 346 g/mol. The van der Waals surface area contributed by atoms with E-state index in [1.165, 1.54) is 17.6 Å². The van der Waals surface area contributed by atoms with E-state index in [2.05, 4.69) is 18.3 Å². The highest BCUT2D eigenvalue weighted by Gasteiger charge is 2.34. The van der Waals surface area contributed by atoms with Gasteiger partial charge in [0, 0.05) is 12.2 Å². The van der Waals surface area contributed by atoms with E-state index in [1.807, 2.05) is 19.1 Å². The minimum atomic E-state index is -0.534. The summed E-state index contributed by atoms with van der Waals surface area (Å²) >= 11 is 0. The normalized spacial score (nSPS) is 14.2. The number of β-amino-alcohol motifs (C(OH)–C–C–N with tert-alkyl or cyclic N) is 1. The molecule has 0 bridgehead atoms. The van der Waals surface area contributed by atoms with Crippen LogP contribution in [0.2, 0.25) is 0 Å². The molecule has 1 aromatic carbocycles. The fraction of sp³-hybridized carbons (Fsp3) is 0.474. The van der Waals surface area contributed by atoms with Gasteiger partial charge < -0.3 is 20.1 Å². The van der Waals surface area contributed by atoms with Gasteiger partial charge in [0.05, 0.1) is 25.8 Å². The van der Waals surface area contributed by atoms with Gasteiger partial charge in [0.1, 0.15) is 5.70 Å². The molecule has 0 radical (unpaired) electrons. The van der Waals surface area contributed by atoms with Crippen molar-refractivity contribution in [1.29, 1.82) is 0 Å². The quantitative estimate of drug-likeness (QED) is 0.704. The molecule has 1 amide bonds. The van der Waals surface area contributed by atoms with Crippen LogP contribution in [-0.4, -0.2) is 48.7 Å². The Morgan fingerprint density at radius 3 is 2.76 bits per heavy atom. The van der Waals surface area contributed by atoms with Crippen molar-refractivity contribution in [2.75, 3.05) is 32.1 Å². The van der Waals surface area contributed by atoms with E-state index in [9.17, 15) is 9.59 Å². The molecular weight excluding hydrogens is 320 g/mol. The highest BCUT2D eigenvalue weighted by Crippen LogP contribution is 2.25. The third kappa shape index (κ3) is 4.39. The Bertz CT molecular complexity index is 682. The van der Waals surface area contributed by atoms with Crippen molar-refractivity contribution in [3.8, 4) is 0 Å². The lowest BCUT2D eigenvalue weighted by molar-refractivity contribution is -0.136. The number of esters is 1. The van der Waals surface area contributed by atoms with Crippen LogP contribution in [0.3, 0.4) is 0 Å². The Morgan fingerprint density at radius 1 is 1.40 bits per heavy atom. The van der Waals surface area contributed by atoms with Crippen LogP contribution in [0.4, 0.5) is 5.69 Å². The molecule has 1 heterocycles. The molecule has 25 heavy (non-hydrogen) atoms. The van der Waals surface area contributed by atoms with Crippen LogP contribution in [-0.2, 0) is 20.7 Å². The fourth-order valence-electron chi connectivity index (χ4n) is 2.89. The minimum absolute atomic E-state index is 0.141. The van der Waals surface area contributed by atoms with Gasteiger partial charge in [0.2, 0.25) is 0 Å². The number of amides is 1. The number of nitrogens with zero attached hydrogens (tertiary/aromatic N) is 1. The summed E-state index contributed by atoms with van der Waals surface area (Å²) in [5.41, 5.74) is 3.57. The SMILES string of the molecule is CCCCc1ccc(NC2=C(C(=O)OC)CN(CCO)C2=O)c(C)c1. The van der Waals surface area contributed by atoms with E-state index in [1.54, 1.807) is 0 Å². The number of anilines is 1. The number of carbonyl (C=O) groups is 2. The molecule has 0 saturated carbocycles. The van der Waals surface area contributed by atoms with Crippen LogP contribution in [0, 0.1) is 6.92 Å². The molecule has 1 aliphatic rings. The highest BCUT2D eigenvalue weighted by atomic mass is 16.5. The molecule has 2 rings (SSSR count). The lowest BCUT2D eigenvalue weighted by Crippen LogP contribution is -2.31. The smallest absolute Gasteiger partial charge is 0.337 e. The molecule has 2 N–H and O–H groups in total. The van der Waals surface area contributed by atoms with Crippen molar-refractivity contribution in [1.82, 2.24) is 4.90 Å². The Labute approximate surface area is 148 Å². The summed E-state index contributed by atoms with van der Waals surface area (Å²) in [5, 5.41) is 12.2. The maximum atomic E-state index is 12.5. The Hall–Kier alpha value is -2.34. The summed E-state index contributed by atoms with van der Waals surface area (Å²) in [6.45, 7) is 4.30. The van der Waals surface area contributed by atoms with Crippen molar-refractivity contribution in [2.45, 2.75) is 33.1 Å². The zero-order valence-electron chi connectivity index (χ0n) is 15.1. The van der Waals surface area contributed by atoms with E-state index >= 15 is 0 Å². The van der Waals surface area contributed by atoms with Crippen LogP contribution in [0.5, 0.6) is 0 Å². The zero-order valence-corrected chi connectivity index (χ0v) is 15.1. The van der Waals surface area contributed by atoms with Crippen LogP contribution in [0.25, 0.3) is 0 Å². The molecule has 0 spiro atoms. The third-order valence-electron chi connectivity index (χ3n) is 4.32. The van der Waals surface area contributed by atoms with Crippen LogP contribution in [0.15, 0.2) is 29.5 Å². The largest absolute Gasteiger partial charge is 0.466 e. The van der Waals surface area contributed by atoms with Gasteiger partial charge in [0.25, 0.3) is 5.91 Å². The molecule has 0 aromatic heterocycles. The van der Waals surface area contributed by atoms with E-state index in [-0.39, 0.29) is 36.9 Å². The number of hydrogen-bond acceptors (Lipinski definition) is 5. The van der Waals surface area contributed by atoms with Gasteiger partial charge >= 0.3 is 5.97 Å². The first kappa shape index (κ1) is 19.0. The summed E-state index contributed by atoms with van der Waals surface area (Å²) in [7, 11) is 1.29. The first-order valence-corrected chi connectivity index (χ1v) is 8.60. The summed E-state index contributed by atoms with van der Waals surface area (Å²) < 4.78 is 4.79. The molecule has 0 aliphatic carbocycles. The molecule has 6 heteroatoms. The fourth-order valence-corrected chi connectivity index (χ4v) is 2.89. The number of benzene rings is 1. The molecule has 0 fully saturated rings. The molecule has 6 nitrogen and oxygen atoms in total. The van der Waals surface area contributed by atoms with Crippen molar-refractivity contribution in [3.05, 3.63) is 40.6 Å². The van der Waals surface area contributed by atoms with Crippen molar-refractivity contribution in [2.24, 2.45) is 0 Å². The molecular formula is C19H26N2O4. The Balaban J connectivity index is 2.25. The molecule has 0 unspecified atom stereocenters. The first-order chi connectivity index (χ1) is 12.0. The van der Waals surface area contributed by atoms with E-state index in [0.717, 1.165) is 30.5 Å². The molecule has 0 atom stereocenters. The zero-order chi connectivity index (χ0) is 18.4. The standard InChI is InChI=1S/C19H26N2O4/c1-4-5-6-14-7-8-16(13(2)11-14)20-17-15(19(24)25-3)12-21(9-10-22)18(17)23/h7-8,11,20,22H,4-6,9-10,12H2,1-3H3. The van der Waals surface area contributed by atoms with Gasteiger partial charge in [-0.05, 0) is 37.0 Å². The lowest BCUT2D eigenvalue weighted by Gasteiger charge is -2.16. The van der Waals surface area contributed by atoms with Gasteiger partial charge in [-0.25, -0.2) is 4.79 Å². The van der Waals surface area contributed by atoms with Gasteiger partial charge in [0.15, 0.2) is 0 Å². The van der Waals surface area contributed by atoms with E-state index < -0.39 is 5.97 Å². The molecule has 136 valence electrons. The van der Waals surface area contributed by atoms with Gasteiger partial charge in [-0.2, -0.15) is 0 Å². The van der Waals surface area contributed by atoms with Crippen molar-refractivity contribution in [3.63, 3.8) is 0 Å². The topological polar surface area (TPSA) is 78.9 Å². The predicted octanol–water partition coefficient (Wildman–Crippen LogP) is 2.01. The van der Waals surface area contributed by atoms with Crippen molar-refractivity contribution >= 4 is 17.6 Å². The van der Waals surface area contributed by atoms with E-state index in [0.29, 0.717) is 0 Å². The second kappa shape index (κ2) is 8.67. The average Bonchev–Trinajstić information content (AvgIpc) is 2.91. The minimum Gasteiger partial charge on any atom is -0.466 e. The van der Waals surface area contributed by atoms with Gasteiger partial charge in [-0.1, -0.05) is 25.5 Å². The van der Waals surface area contributed by atoms with Crippen LogP contribution >= 0.6 is 0 Å². The number of aliphatic hydroxyl groups excluding tert-OH is 1. The summed E-state index contributed by atoms with van der Waals surface area (Å²) in [4.78, 5) is 26.0. The Morgan fingerprint density at radius 2 is 2.16 bits per heavy atom. The number of hydrogen-bond donors (Lipinski definition) is 2. The monoisotopic (exact) mass is 346 g/mol. The number of aliphatic hydroxyl groups is 1. The Kier molecular flexibility index (Phi) is 6.58. The number of methoxy groups -OCH3 is 1. The van der Waals surface area contributed by atoms with Gasteiger partial charge in [-0.15, -0.1) is 0 Å². The third-order valence-corrected chi connectivity index (χ3v) is 4.32. The summed E-state index contributed by atoms with van der Waals surface area (Å²) in [5.74, 6) is -0.836. The van der Waals surface area contributed by atoms with Gasteiger partial charge in [-0.3, -0.25) is 4.79 Å². The second-order valence-corrected chi connectivity index (χ2v) is 6.17. The van der Waals surface area contributed by atoms with Crippen LogP contribution in [0.1, 0.15) is 30.9 Å². The first-order valence-electron chi connectivity index (χ1n) is 8.60.